The van der Waals surface area contributed by atoms with E-state index in [4.69, 9.17) is 0 Å². The van der Waals surface area contributed by atoms with Gasteiger partial charge >= 0.3 is 0 Å². The van der Waals surface area contributed by atoms with Crippen LogP contribution >= 0.6 is 0 Å². The number of benzene rings is 11. The maximum absolute atomic E-state index is 2.44. The van der Waals surface area contributed by atoms with Crippen molar-refractivity contribution in [3.05, 3.63) is 287 Å². The first-order chi connectivity index (χ1) is 42.5. The fourth-order valence-electron chi connectivity index (χ4n) is 12.5. The normalized spacial score (nSPS) is 11.4. The molecule has 0 spiro atoms. The van der Waals surface area contributed by atoms with Crippen molar-refractivity contribution in [3.8, 4) is 22.5 Å². The Morgan fingerprint density at radius 1 is 0.253 bits per heavy atom. The van der Waals surface area contributed by atoms with Crippen LogP contribution in [0.4, 0.5) is 34.1 Å². The molecular formula is C83H82N4. The van der Waals surface area contributed by atoms with Crippen molar-refractivity contribution in [3.63, 3.8) is 0 Å². The molecule has 0 N–H and O–H groups in total. The van der Waals surface area contributed by atoms with E-state index in [1.807, 2.05) is 0 Å². The van der Waals surface area contributed by atoms with E-state index in [-0.39, 0.29) is 0 Å². The summed E-state index contributed by atoms with van der Waals surface area (Å²) in [4.78, 5) is 4.66. The van der Waals surface area contributed by atoms with E-state index < -0.39 is 0 Å². The van der Waals surface area contributed by atoms with Crippen LogP contribution < -0.4 is 9.80 Å². The molecule has 0 aliphatic heterocycles. The summed E-state index contributed by atoms with van der Waals surface area (Å²) in [6.45, 7) is 17.6. The number of anilines is 6. The summed E-state index contributed by atoms with van der Waals surface area (Å²) in [5.41, 5.74) is 27.4. The summed E-state index contributed by atoms with van der Waals surface area (Å²) >= 11 is 0. The Balaban J connectivity index is 0.000000170. The predicted molar refractivity (Wildman–Crippen MR) is 376 cm³/mol. The lowest BCUT2D eigenvalue weighted by Crippen LogP contribution is -2.10. The van der Waals surface area contributed by atoms with Crippen molar-refractivity contribution in [1.82, 2.24) is 9.13 Å². The average molecular weight is 1140 g/mol. The molecule has 0 aliphatic rings. The molecule has 0 fully saturated rings. The summed E-state index contributed by atoms with van der Waals surface area (Å²) in [5.74, 6) is 0. The second-order valence-corrected chi connectivity index (χ2v) is 24.2. The lowest BCUT2D eigenvalue weighted by atomic mass is 10.0. The van der Waals surface area contributed by atoms with E-state index in [0.29, 0.717) is 0 Å². The van der Waals surface area contributed by atoms with Gasteiger partial charge in [0.25, 0.3) is 0 Å². The number of hydrogen-bond donors (Lipinski definition) is 0. The molecule has 13 rings (SSSR count). The van der Waals surface area contributed by atoms with Crippen LogP contribution in [-0.4, -0.2) is 9.13 Å². The van der Waals surface area contributed by atoms with Gasteiger partial charge in [0.05, 0.1) is 22.1 Å². The molecule has 434 valence electrons. The second kappa shape index (κ2) is 26.1. The van der Waals surface area contributed by atoms with Crippen LogP contribution in [0, 0.1) is 34.6 Å². The van der Waals surface area contributed by atoms with Gasteiger partial charge in [0, 0.05) is 67.0 Å². The SMILES string of the molecule is CCCCc1ccc(N(c2ccc(C)cc2)c2ccc(-c3ccc(N(c4ccc(C)cc4)c4ccc(C)cc4)cc3)cc2)cc1.CCCCc1ccc2c(c1)c1cc(C)ccc1n2-c1ccc(-n2c3ccc(C)cc3c3cc(CCCC)ccc32)cc1. The van der Waals surface area contributed by atoms with Crippen LogP contribution in [0.5, 0.6) is 0 Å². The van der Waals surface area contributed by atoms with Crippen molar-refractivity contribution in [2.45, 2.75) is 113 Å². The molecule has 0 atom stereocenters. The molecule has 2 aromatic heterocycles. The quantitative estimate of drug-likeness (QED) is 0.0851. The monoisotopic (exact) mass is 1130 g/mol. The molecule has 0 amide bonds. The van der Waals surface area contributed by atoms with Gasteiger partial charge in [-0.1, -0.05) is 165 Å². The largest absolute Gasteiger partial charge is 0.311 e. The Labute approximate surface area is 516 Å². The fraction of sp³-hybridized carbons (Fsp3) is 0.205. The van der Waals surface area contributed by atoms with E-state index in [9.17, 15) is 0 Å². The van der Waals surface area contributed by atoms with E-state index in [1.165, 1.54) is 155 Å². The number of nitrogens with zero attached hydrogens (tertiary/aromatic N) is 4. The minimum atomic E-state index is 1.13. The highest BCUT2D eigenvalue weighted by molar-refractivity contribution is 6.11. The number of unbranched alkanes of at least 4 members (excludes halogenated alkanes) is 3. The lowest BCUT2D eigenvalue weighted by Gasteiger charge is -2.26. The van der Waals surface area contributed by atoms with Gasteiger partial charge in [-0.3, -0.25) is 0 Å². The highest BCUT2D eigenvalue weighted by Gasteiger charge is 2.19. The zero-order chi connectivity index (χ0) is 60.0. The first-order valence-corrected chi connectivity index (χ1v) is 31.8. The highest BCUT2D eigenvalue weighted by atomic mass is 15.1. The Kier molecular flexibility index (Phi) is 17.4. The summed E-state index contributed by atoms with van der Waals surface area (Å²) < 4.78 is 4.87. The van der Waals surface area contributed by atoms with Gasteiger partial charge in [0.1, 0.15) is 0 Å². The summed E-state index contributed by atoms with van der Waals surface area (Å²) in [5, 5.41) is 5.37. The van der Waals surface area contributed by atoms with Crippen LogP contribution in [0.3, 0.4) is 0 Å². The maximum Gasteiger partial charge on any atom is 0.0541 e. The fourth-order valence-corrected chi connectivity index (χ4v) is 12.5. The van der Waals surface area contributed by atoms with Crippen molar-refractivity contribution in [1.29, 1.82) is 0 Å². The minimum absolute atomic E-state index is 1.13. The van der Waals surface area contributed by atoms with Crippen LogP contribution in [0.2, 0.25) is 0 Å². The third kappa shape index (κ3) is 12.5. The molecule has 0 saturated carbocycles. The van der Waals surface area contributed by atoms with Gasteiger partial charge < -0.3 is 18.9 Å². The molecule has 4 heteroatoms. The first-order valence-electron chi connectivity index (χ1n) is 31.8. The number of aromatic nitrogens is 2. The van der Waals surface area contributed by atoms with Crippen molar-refractivity contribution in [2.24, 2.45) is 0 Å². The second-order valence-electron chi connectivity index (χ2n) is 24.2. The first kappa shape index (κ1) is 58.0. The van der Waals surface area contributed by atoms with Gasteiger partial charge in [0.2, 0.25) is 0 Å². The molecule has 0 bridgehead atoms. The van der Waals surface area contributed by atoms with Gasteiger partial charge in [-0.15, -0.1) is 0 Å². The van der Waals surface area contributed by atoms with Crippen LogP contribution in [0.1, 0.15) is 104 Å². The molecule has 0 aliphatic carbocycles. The van der Waals surface area contributed by atoms with Crippen LogP contribution in [-0.2, 0) is 19.3 Å². The molecule has 4 nitrogen and oxygen atoms in total. The van der Waals surface area contributed by atoms with E-state index in [1.54, 1.807) is 0 Å². The van der Waals surface area contributed by atoms with Crippen LogP contribution in [0.25, 0.3) is 66.1 Å². The van der Waals surface area contributed by atoms with Gasteiger partial charge in [-0.2, -0.15) is 0 Å². The topological polar surface area (TPSA) is 16.3 Å². The molecule has 0 radical (unpaired) electrons. The Hall–Kier alpha value is -9.38. The molecule has 0 unspecified atom stereocenters. The Bertz CT molecular complexity index is 4250. The summed E-state index contributed by atoms with van der Waals surface area (Å²) in [6.07, 6.45) is 10.7. The molecular weight excluding hydrogens is 1050 g/mol. The minimum Gasteiger partial charge on any atom is -0.311 e. The molecule has 87 heavy (non-hydrogen) atoms. The average Bonchev–Trinajstić information content (AvgIpc) is 1.64. The van der Waals surface area contributed by atoms with Gasteiger partial charge in [-0.05, 0) is 247 Å². The summed E-state index contributed by atoms with van der Waals surface area (Å²) in [6, 6.07) is 90.2. The maximum atomic E-state index is 2.44. The third-order valence-electron chi connectivity index (χ3n) is 17.4. The predicted octanol–water partition coefficient (Wildman–Crippen LogP) is 23.7. The molecule has 0 saturated heterocycles. The highest BCUT2D eigenvalue weighted by Crippen LogP contribution is 2.40. The molecule has 11 aromatic carbocycles. The number of rotatable bonds is 18. The van der Waals surface area contributed by atoms with Crippen molar-refractivity contribution < 1.29 is 0 Å². The smallest absolute Gasteiger partial charge is 0.0541 e. The van der Waals surface area contributed by atoms with Crippen molar-refractivity contribution >= 4 is 77.7 Å². The van der Waals surface area contributed by atoms with E-state index in [2.05, 4.69) is 317 Å². The van der Waals surface area contributed by atoms with E-state index >= 15 is 0 Å². The molecule has 2 heterocycles. The van der Waals surface area contributed by atoms with E-state index in [0.717, 1.165) is 47.7 Å². The number of fused-ring (bicyclic) bond motifs is 6. The Morgan fingerprint density at radius 2 is 0.506 bits per heavy atom. The third-order valence-corrected chi connectivity index (χ3v) is 17.4. The molecule has 13 aromatic rings. The Morgan fingerprint density at radius 3 is 0.828 bits per heavy atom. The van der Waals surface area contributed by atoms with Crippen molar-refractivity contribution in [2.75, 3.05) is 9.80 Å². The lowest BCUT2D eigenvalue weighted by molar-refractivity contribution is 0.795. The number of hydrogen-bond acceptors (Lipinski definition) is 2. The standard InChI is InChI=1S/C43H42N2.C40H40N2/c1-5-6-7-35-14-26-41(27-15-35)45(40-24-12-34(4)13-25-40)43-30-18-37(19-31-43)36-16-28-42(29-17-36)44(38-20-8-32(2)9-21-38)39-22-10-33(3)11-23-39;1-5-7-9-29-13-21-39-35(25-29)33-23-27(3)11-19-37(33)41(39)31-15-17-32(18-16-31)42-38-20-12-28(4)24-34(38)36-26-30(10-8-6-2)14-22-40(36)42/h8-31H,5-7H2,1-4H3;11-26H,5-10H2,1-4H3. The van der Waals surface area contributed by atoms with Gasteiger partial charge in [0.15, 0.2) is 0 Å². The zero-order valence-corrected chi connectivity index (χ0v) is 52.2. The van der Waals surface area contributed by atoms with Crippen LogP contribution in [0.15, 0.2) is 243 Å². The summed E-state index contributed by atoms with van der Waals surface area (Å²) in [7, 11) is 0. The number of aryl methyl sites for hydroxylation is 8. The zero-order valence-electron chi connectivity index (χ0n) is 52.2. The van der Waals surface area contributed by atoms with Gasteiger partial charge in [-0.25, -0.2) is 0 Å².